The van der Waals surface area contributed by atoms with E-state index < -0.39 is 0 Å². The van der Waals surface area contributed by atoms with Crippen LogP contribution in [0.25, 0.3) is 0 Å². The predicted molar refractivity (Wildman–Crippen MR) is 89.2 cm³/mol. The van der Waals surface area contributed by atoms with Gasteiger partial charge in [0.1, 0.15) is 0 Å². The van der Waals surface area contributed by atoms with Crippen LogP contribution >= 0.6 is 0 Å². The fourth-order valence-corrected chi connectivity index (χ4v) is 3.79. The second-order valence-electron chi connectivity index (χ2n) is 6.41. The van der Waals surface area contributed by atoms with Gasteiger partial charge in [-0.2, -0.15) is 0 Å². The number of likely N-dealkylation sites (N-methyl/N-ethyl adjacent to an activating group) is 2. The van der Waals surface area contributed by atoms with E-state index in [4.69, 9.17) is 5.73 Å². The van der Waals surface area contributed by atoms with Crippen LogP contribution in [0.4, 0.5) is 5.69 Å². The molecule has 0 saturated heterocycles. The van der Waals surface area contributed by atoms with Crippen molar-refractivity contribution in [2.75, 3.05) is 26.4 Å². The van der Waals surface area contributed by atoms with E-state index in [0.29, 0.717) is 0 Å². The molecule has 118 valence electrons. The fraction of sp³-hybridized carbons (Fsp3) is 0.706. The molecule has 1 aliphatic rings. The van der Waals surface area contributed by atoms with E-state index in [1.807, 2.05) is 12.3 Å². The first-order chi connectivity index (χ1) is 10.1. The van der Waals surface area contributed by atoms with Crippen LogP contribution in [0.5, 0.6) is 0 Å². The number of hydrogen-bond acceptors (Lipinski definition) is 4. The number of anilines is 1. The minimum absolute atomic E-state index is 0.129. The second kappa shape index (κ2) is 7.23. The Kier molecular flexibility index (Phi) is 5.59. The Bertz CT molecular complexity index is 436. The lowest BCUT2D eigenvalue weighted by atomic mass is 9.78. The van der Waals surface area contributed by atoms with Crippen molar-refractivity contribution < 1.29 is 0 Å². The second-order valence-corrected chi connectivity index (χ2v) is 6.41. The number of hydrogen-bond donors (Lipinski definition) is 2. The molecular weight excluding hydrogens is 260 g/mol. The summed E-state index contributed by atoms with van der Waals surface area (Å²) in [7, 11) is 4.42. The molecule has 2 rings (SSSR count). The van der Waals surface area contributed by atoms with E-state index in [2.05, 4.69) is 36.2 Å². The lowest BCUT2D eigenvalue weighted by Crippen LogP contribution is -2.53. The average molecular weight is 290 g/mol. The molecule has 21 heavy (non-hydrogen) atoms. The number of nitrogen functional groups attached to an aromatic ring is 1. The molecule has 0 bridgehead atoms. The normalized spacial score (nSPS) is 20.2. The zero-order valence-corrected chi connectivity index (χ0v) is 13.7. The summed E-state index contributed by atoms with van der Waals surface area (Å²) in [6, 6.07) is 2.16. The van der Waals surface area contributed by atoms with Crippen LogP contribution in [0, 0.1) is 0 Å². The first kappa shape index (κ1) is 16.2. The highest BCUT2D eigenvalue weighted by Crippen LogP contribution is 2.42. The molecule has 1 unspecified atom stereocenters. The molecule has 1 atom stereocenters. The van der Waals surface area contributed by atoms with Crippen LogP contribution in [0.1, 0.15) is 57.1 Å². The number of aromatic nitrogens is 1. The maximum Gasteiger partial charge on any atom is 0.0542 e. The Balaban J connectivity index is 2.43. The fourth-order valence-electron chi connectivity index (χ4n) is 3.79. The van der Waals surface area contributed by atoms with E-state index in [1.54, 1.807) is 6.20 Å². The molecule has 0 aromatic carbocycles. The van der Waals surface area contributed by atoms with Gasteiger partial charge in [0, 0.05) is 29.2 Å². The summed E-state index contributed by atoms with van der Waals surface area (Å²) in [6.07, 6.45) is 11.4. The van der Waals surface area contributed by atoms with Gasteiger partial charge >= 0.3 is 0 Å². The number of nitrogens with zero attached hydrogens (tertiary/aromatic N) is 2. The van der Waals surface area contributed by atoms with Crippen LogP contribution in [0.15, 0.2) is 18.5 Å². The highest BCUT2D eigenvalue weighted by molar-refractivity contribution is 5.47. The molecule has 1 aromatic heterocycles. The first-order valence-corrected chi connectivity index (χ1v) is 8.22. The molecule has 4 nitrogen and oxygen atoms in total. The van der Waals surface area contributed by atoms with Crippen molar-refractivity contribution in [3.05, 3.63) is 24.0 Å². The smallest absolute Gasteiger partial charge is 0.0542 e. The summed E-state index contributed by atoms with van der Waals surface area (Å²) < 4.78 is 0. The summed E-state index contributed by atoms with van der Waals surface area (Å²) in [6.45, 7) is 3.11. The van der Waals surface area contributed by atoms with Gasteiger partial charge in [-0.15, -0.1) is 0 Å². The van der Waals surface area contributed by atoms with Gasteiger partial charge in [-0.3, -0.25) is 4.98 Å². The summed E-state index contributed by atoms with van der Waals surface area (Å²) >= 11 is 0. The van der Waals surface area contributed by atoms with Crippen LogP contribution in [0.3, 0.4) is 0 Å². The van der Waals surface area contributed by atoms with Gasteiger partial charge in [0.2, 0.25) is 0 Å². The van der Waals surface area contributed by atoms with Crippen LogP contribution < -0.4 is 11.1 Å². The highest BCUT2D eigenvalue weighted by Gasteiger charge is 2.42. The Hall–Kier alpha value is -1.13. The predicted octanol–water partition coefficient (Wildman–Crippen LogP) is 2.97. The van der Waals surface area contributed by atoms with Crippen molar-refractivity contribution in [3.63, 3.8) is 0 Å². The minimum atomic E-state index is 0.129. The van der Waals surface area contributed by atoms with Gasteiger partial charge < -0.3 is 16.0 Å². The Labute approximate surface area is 129 Å². The zero-order chi connectivity index (χ0) is 15.3. The minimum Gasteiger partial charge on any atom is -0.398 e. The summed E-state index contributed by atoms with van der Waals surface area (Å²) in [5, 5.41) is 3.70. The Morgan fingerprint density at radius 2 is 1.95 bits per heavy atom. The van der Waals surface area contributed by atoms with Crippen LogP contribution in [-0.4, -0.2) is 36.1 Å². The highest BCUT2D eigenvalue weighted by atomic mass is 15.2. The monoisotopic (exact) mass is 290 g/mol. The van der Waals surface area contributed by atoms with E-state index >= 15 is 0 Å². The van der Waals surface area contributed by atoms with E-state index in [1.165, 1.54) is 38.5 Å². The third-order valence-electron chi connectivity index (χ3n) is 5.00. The van der Waals surface area contributed by atoms with Gasteiger partial charge in [-0.1, -0.05) is 32.6 Å². The first-order valence-electron chi connectivity index (χ1n) is 8.22. The van der Waals surface area contributed by atoms with Crippen molar-refractivity contribution in [1.29, 1.82) is 0 Å². The Morgan fingerprint density at radius 1 is 1.29 bits per heavy atom. The van der Waals surface area contributed by atoms with Crippen LogP contribution in [-0.2, 0) is 0 Å². The molecule has 1 saturated carbocycles. The third kappa shape index (κ3) is 3.38. The van der Waals surface area contributed by atoms with Gasteiger partial charge in [-0.25, -0.2) is 0 Å². The average Bonchev–Trinajstić information content (AvgIpc) is 2.72. The molecule has 1 heterocycles. The summed E-state index contributed by atoms with van der Waals surface area (Å²) in [5.74, 6) is 0. The third-order valence-corrected chi connectivity index (χ3v) is 5.00. The molecule has 0 spiro atoms. The standard InChI is InChI=1S/C17H30N4/c1-4-20-16(14-13-19-12-9-15(14)18)17(21(2)3)10-7-5-6-8-11-17/h9,12-13,16,20H,4-8,10-11H2,1-3H3,(H2,18,19). The maximum absolute atomic E-state index is 6.26. The Morgan fingerprint density at radius 3 is 2.48 bits per heavy atom. The largest absolute Gasteiger partial charge is 0.398 e. The number of nitrogens with two attached hydrogens (primary N) is 1. The molecule has 4 heteroatoms. The van der Waals surface area contributed by atoms with Crippen molar-refractivity contribution in [2.24, 2.45) is 0 Å². The lowest BCUT2D eigenvalue weighted by Gasteiger charge is -2.46. The molecule has 1 aromatic rings. The molecule has 1 aliphatic carbocycles. The zero-order valence-electron chi connectivity index (χ0n) is 13.7. The van der Waals surface area contributed by atoms with Crippen LogP contribution in [0.2, 0.25) is 0 Å². The summed E-state index contributed by atoms with van der Waals surface area (Å²) in [5.41, 5.74) is 8.38. The quantitative estimate of drug-likeness (QED) is 0.819. The number of pyridine rings is 1. The molecule has 0 aliphatic heterocycles. The lowest BCUT2D eigenvalue weighted by molar-refractivity contribution is 0.0808. The van der Waals surface area contributed by atoms with Crippen molar-refractivity contribution in [3.8, 4) is 0 Å². The van der Waals surface area contributed by atoms with Gasteiger partial charge in [0.05, 0.1) is 6.04 Å². The molecule has 0 amide bonds. The van der Waals surface area contributed by atoms with Gasteiger partial charge in [0.15, 0.2) is 0 Å². The van der Waals surface area contributed by atoms with E-state index in [-0.39, 0.29) is 11.6 Å². The van der Waals surface area contributed by atoms with Crippen molar-refractivity contribution in [1.82, 2.24) is 15.2 Å². The van der Waals surface area contributed by atoms with Gasteiger partial charge in [-0.05, 0) is 39.5 Å². The number of nitrogens with one attached hydrogen (secondary N) is 1. The maximum atomic E-state index is 6.26. The molecular formula is C17H30N4. The SMILES string of the molecule is CCNC(c1cnccc1N)C1(N(C)C)CCCCCC1. The molecule has 0 radical (unpaired) electrons. The van der Waals surface area contributed by atoms with E-state index in [0.717, 1.165) is 17.8 Å². The van der Waals surface area contributed by atoms with Crippen molar-refractivity contribution >= 4 is 5.69 Å². The molecule has 1 fully saturated rings. The summed E-state index contributed by atoms with van der Waals surface area (Å²) in [4.78, 5) is 6.73. The van der Waals surface area contributed by atoms with E-state index in [9.17, 15) is 0 Å². The van der Waals surface area contributed by atoms with Gasteiger partial charge in [0.25, 0.3) is 0 Å². The number of rotatable bonds is 5. The molecule has 3 N–H and O–H groups in total. The van der Waals surface area contributed by atoms with Crippen molar-refractivity contribution in [2.45, 2.75) is 57.0 Å². The topological polar surface area (TPSA) is 54.2 Å².